The van der Waals surface area contributed by atoms with Gasteiger partial charge >= 0.3 is 6.18 Å². The fraction of sp³-hybridized carbons (Fsp3) is 0.588. The van der Waals surface area contributed by atoms with Gasteiger partial charge in [-0.2, -0.15) is 13.2 Å². The van der Waals surface area contributed by atoms with E-state index in [1.54, 1.807) is 0 Å². The summed E-state index contributed by atoms with van der Waals surface area (Å²) in [4.78, 5) is 4.23. The smallest absolute Gasteiger partial charge is 0.416 e. The Morgan fingerprint density at radius 2 is 1.85 bits per heavy atom. The summed E-state index contributed by atoms with van der Waals surface area (Å²) < 4.78 is 48.0. The number of nitrogens with zero attached hydrogens (tertiary/aromatic N) is 1. The number of halogens is 4. The zero-order valence-electron chi connectivity index (χ0n) is 15.4. The summed E-state index contributed by atoms with van der Waals surface area (Å²) in [7, 11) is 0. The second kappa shape index (κ2) is 13.8. The fourth-order valence-corrected chi connectivity index (χ4v) is 1.91. The molecule has 1 aromatic carbocycles. The van der Waals surface area contributed by atoms with Crippen molar-refractivity contribution in [2.45, 2.75) is 26.1 Å². The molecule has 0 aliphatic heterocycles. The minimum atomic E-state index is -4.38. The van der Waals surface area contributed by atoms with Crippen LogP contribution in [0.15, 0.2) is 29.3 Å². The van der Waals surface area contributed by atoms with E-state index >= 15 is 0 Å². The molecule has 0 spiro atoms. The van der Waals surface area contributed by atoms with Gasteiger partial charge in [0.05, 0.1) is 18.7 Å². The van der Waals surface area contributed by atoms with Gasteiger partial charge in [0.2, 0.25) is 0 Å². The van der Waals surface area contributed by atoms with Crippen molar-refractivity contribution >= 4 is 29.9 Å². The Balaban J connectivity index is 0.00000676. The summed E-state index contributed by atoms with van der Waals surface area (Å²) >= 11 is 0. The topological polar surface area (TPSA) is 75.1 Å². The Morgan fingerprint density at radius 3 is 2.41 bits per heavy atom. The minimum absolute atomic E-state index is 0. The number of alkyl halides is 3. The van der Waals surface area contributed by atoms with Crippen LogP contribution in [0.4, 0.5) is 13.2 Å². The standard InChI is InChI=1S/C17H26F3N3O3.HI/c1-3-21-16(22-9-10-25-4-2)23-11-14(24)12-26-15-7-5-13(6-8-15)17(18,19)20;/h5-8,14,24H,3-4,9-12H2,1-2H3,(H2,21,22,23);1H. The number of rotatable bonds is 10. The lowest BCUT2D eigenvalue weighted by molar-refractivity contribution is -0.137. The Hall–Kier alpha value is -1.27. The van der Waals surface area contributed by atoms with Crippen molar-refractivity contribution in [3.63, 3.8) is 0 Å². The van der Waals surface area contributed by atoms with E-state index in [0.717, 1.165) is 12.1 Å². The molecule has 6 nitrogen and oxygen atoms in total. The van der Waals surface area contributed by atoms with Crippen molar-refractivity contribution in [2.75, 3.05) is 39.5 Å². The summed E-state index contributed by atoms with van der Waals surface area (Å²) in [5.41, 5.74) is -0.747. The van der Waals surface area contributed by atoms with Gasteiger partial charge in [0.1, 0.15) is 18.5 Å². The number of hydrogen-bond acceptors (Lipinski definition) is 4. The SMILES string of the molecule is CCNC(=NCC(O)COc1ccc(C(F)(F)F)cc1)NCCOCC.I. The molecule has 1 aromatic rings. The van der Waals surface area contributed by atoms with Gasteiger partial charge in [0, 0.05) is 19.7 Å². The predicted octanol–water partition coefficient (Wildman–Crippen LogP) is 2.65. The second-order valence-electron chi connectivity index (χ2n) is 5.33. The summed E-state index contributed by atoms with van der Waals surface area (Å²) in [6.45, 7) is 6.26. The number of ether oxygens (including phenoxy) is 2. The first kappa shape index (κ1) is 25.7. The van der Waals surface area contributed by atoms with Gasteiger partial charge < -0.3 is 25.2 Å². The lowest BCUT2D eigenvalue weighted by Gasteiger charge is -2.14. The highest BCUT2D eigenvalue weighted by atomic mass is 127. The number of nitrogens with one attached hydrogen (secondary N) is 2. The summed E-state index contributed by atoms with van der Waals surface area (Å²) in [5.74, 6) is 0.795. The molecule has 27 heavy (non-hydrogen) atoms. The third kappa shape index (κ3) is 11.2. The van der Waals surface area contributed by atoms with Gasteiger partial charge in [-0.3, -0.25) is 4.99 Å². The lowest BCUT2D eigenvalue weighted by Crippen LogP contribution is -2.39. The Kier molecular flexibility index (Phi) is 13.2. The number of aliphatic imine (C=N–C) groups is 1. The molecule has 0 amide bonds. The molecule has 0 bridgehead atoms. The van der Waals surface area contributed by atoms with Crippen LogP contribution >= 0.6 is 24.0 Å². The van der Waals surface area contributed by atoms with Gasteiger partial charge in [0.25, 0.3) is 0 Å². The van der Waals surface area contributed by atoms with Crippen LogP contribution in [0.2, 0.25) is 0 Å². The monoisotopic (exact) mass is 505 g/mol. The van der Waals surface area contributed by atoms with Gasteiger partial charge in [-0.25, -0.2) is 0 Å². The van der Waals surface area contributed by atoms with Crippen molar-refractivity contribution in [2.24, 2.45) is 4.99 Å². The van der Waals surface area contributed by atoms with Crippen molar-refractivity contribution in [3.8, 4) is 5.75 Å². The van der Waals surface area contributed by atoms with Crippen LogP contribution in [0, 0.1) is 0 Å². The number of hydrogen-bond donors (Lipinski definition) is 3. The van der Waals surface area contributed by atoms with E-state index < -0.39 is 17.8 Å². The molecule has 156 valence electrons. The van der Waals surface area contributed by atoms with Gasteiger partial charge in [-0.1, -0.05) is 0 Å². The predicted molar refractivity (Wildman–Crippen MR) is 109 cm³/mol. The third-order valence-corrected chi connectivity index (χ3v) is 3.17. The number of guanidine groups is 1. The second-order valence-corrected chi connectivity index (χ2v) is 5.33. The average molecular weight is 505 g/mol. The van der Waals surface area contributed by atoms with Crippen molar-refractivity contribution in [1.82, 2.24) is 10.6 Å². The van der Waals surface area contributed by atoms with Crippen LogP contribution in [0.25, 0.3) is 0 Å². The molecule has 3 N–H and O–H groups in total. The Bertz CT molecular complexity index is 542. The lowest BCUT2D eigenvalue weighted by atomic mass is 10.2. The highest BCUT2D eigenvalue weighted by Gasteiger charge is 2.30. The van der Waals surface area contributed by atoms with E-state index in [-0.39, 0.29) is 42.9 Å². The van der Waals surface area contributed by atoms with Crippen molar-refractivity contribution < 1.29 is 27.8 Å². The molecule has 0 fully saturated rings. The molecular weight excluding hydrogens is 478 g/mol. The van der Waals surface area contributed by atoms with Crippen LogP contribution in [-0.4, -0.2) is 56.6 Å². The molecule has 10 heteroatoms. The molecular formula is C17H27F3IN3O3. The zero-order valence-corrected chi connectivity index (χ0v) is 17.7. The van der Waals surface area contributed by atoms with Crippen LogP contribution in [0.3, 0.4) is 0 Å². The third-order valence-electron chi connectivity index (χ3n) is 3.17. The zero-order chi connectivity index (χ0) is 19.4. The van der Waals surface area contributed by atoms with Crippen molar-refractivity contribution in [1.29, 1.82) is 0 Å². The van der Waals surface area contributed by atoms with E-state index in [1.807, 2.05) is 13.8 Å². The summed E-state index contributed by atoms with van der Waals surface area (Å²) in [5, 5.41) is 16.0. The van der Waals surface area contributed by atoms with E-state index in [4.69, 9.17) is 9.47 Å². The molecule has 0 radical (unpaired) electrons. The van der Waals surface area contributed by atoms with E-state index in [1.165, 1.54) is 12.1 Å². The van der Waals surface area contributed by atoms with Gasteiger partial charge in [-0.15, -0.1) is 24.0 Å². The number of benzene rings is 1. The highest BCUT2D eigenvalue weighted by molar-refractivity contribution is 14.0. The Labute approximate surface area is 174 Å². The van der Waals surface area contributed by atoms with Crippen LogP contribution < -0.4 is 15.4 Å². The van der Waals surface area contributed by atoms with Gasteiger partial charge in [0.15, 0.2) is 5.96 Å². The van der Waals surface area contributed by atoms with E-state index in [9.17, 15) is 18.3 Å². The molecule has 0 aromatic heterocycles. The molecule has 0 aliphatic carbocycles. The maximum atomic E-state index is 12.5. The molecule has 0 saturated carbocycles. The number of aliphatic hydroxyl groups excluding tert-OH is 1. The molecule has 1 unspecified atom stereocenters. The first-order chi connectivity index (χ1) is 12.4. The summed E-state index contributed by atoms with van der Waals surface area (Å²) in [6, 6.07) is 4.31. The Morgan fingerprint density at radius 1 is 1.19 bits per heavy atom. The average Bonchev–Trinajstić information content (AvgIpc) is 2.61. The summed E-state index contributed by atoms with van der Waals surface area (Å²) in [6.07, 6.45) is -5.27. The molecule has 0 heterocycles. The molecule has 0 saturated heterocycles. The molecule has 0 aliphatic rings. The molecule has 1 rings (SSSR count). The van der Waals surface area contributed by atoms with E-state index in [2.05, 4.69) is 15.6 Å². The first-order valence-electron chi connectivity index (χ1n) is 8.44. The maximum absolute atomic E-state index is 12.5. The van der Waals surface area contributed by atoms with Crippen LogP contribution in [-0.2, 0) is 10.9 Å². The largest absolute Gasteiger partial charge is 0.491 e. The van der Waals surface area contributed by atoms with Crippen molar-refractivity contribution in [3.05, 3.63) is 29.8 Å². The number of aliphatic hydroxyl groups is 1. The fourth-order valence-electron chi connectivity index (χ4n) is 1.91. The van der Waals surface area contributed by atoms with Crippen LogP contribution in [0.1, 0.15) is 19.4 Å². The highest BCUT2D eigenvalue weighted by Crippen LogP contribution is 2.30. The molecule has 1 atom stereocenters. The first-order valence-corrected chi connectivity index (χ1v) is 8.44. The van der Waals surface area contributed by atoms with Crippen LogP contribution in [0.5, 0.6) is 5.75 Å². The minimum Gasteiger partial charge on any atom is -0.491 e. The quantitative estimate of drug-likeness (QED) is 0.198. The normalized spacial score (nSPS) is 12.9. The maximum Gasteiger partial charge on any atom is 0.416 e. The van der Waals surface area contributed by atoms with Gasteiger partial charge in [-0.05, 0) is 38.1 Å². The van der Waals surface area contributed by atoms with E-state index in [0.29, 0.717) is 32.3 Å².